The molecule has 1 unspecified atom stereocenters. The minimum absolute atomic E-state index is 0.140. The average molecular weight is 327 g/mol. The zero-order chi connectivity index (χ0) is 15.9. The van der Waals surface area contributed by atoms with Crippen LogP contribution >= 0.6 is 9.47 Å². The van der Waals surface area contributed by atoms with Crippen molar-refractivity contribution in [2.24, 2.45) is 0 Å². The number of hydrogen-bond donors (Lipinski definition) is 2. The van der Waals surface area contributed by atoms with E-state index in [9.17, 15) is 9.90 Å². The molecule has 1 fully saturated rings. The van der Waals surface area contributed by atoms with Gasteiger partial charge in [-0.2, -0.15) is 4.98 Å². The van der Waals surface area contributed by atoms with E-state index in [1.54, 1.807) is 23.6 Å². The molecule has 2 aromatic heterocycles. The Morgan fingerprint density at radius 1 is 1.64 bits per heavy atom. The first-order valence-corrected chi connectivity index (χ1v) is 7.28. The van der Waals surface area contributed by atoms with Gasteiger partial charge in [-0.15, -0.1) is 0 Å². The van der Waals surface area contributed by atoms with Crippen molar-refractivity contribution in [3.63, 3.8) is 0 Å². The molecule has 0 saturated carbocycles. The molecule has 0 amide bonds. The molecule has 1 aliphatic rings. The van der Waals surface area contributed by atoms with Crippen LogP contribution in [0.5, 0.6) is 0 Å². The van der Waals surface area contributed by atoms with Gasteiger partial charge in [0.25, 0.3) is 5.56 Å². The number of fused-ring (bicyclic) bond motifs is 1. The Bertz CT molecular complexity index is 718. The van der Waals surface area contributed by atoms with Crippen LogP contribution in [0, 0.1) is 0 Å². The number of hydrogen-bond acceptors (Lipinski definition) is 7. The number of H-pyrrole nitrogens is 1. The average Bonchev–Trinajstić information content (AvgIpc) is 3.09. The van der Waals surface area contributed by atoms with Crippen LogP contribution in [0.15, 0.2) is 11.1 Å². The highest BCUT2D eigenvalue weighted by molar-refractivity contribution is 7.09. The first kappa shape index (κ1) is 15.4. The maximum atomic E-state index is 12.1. The molecule has 120 valence electrons. The van der Waals surface area contributed by atoms with E-state index in [0.29, 0.717) is 18.0 Å². The zero-order valence-corrected chi connectivity index (χ0v) is 13.4. The van der Waals surface area contributed by atoms with Crippen LogP contribution in [-0.4, -0.2) is 57.5 Å². The summed E-state index contributed by atoms with van der Waals surface area (Å²) < 4.78 is 12.7. The van der Waals surface area contributed by atoms with Crippen LogP contribution in [0.4, 0.5) is 5.95 Å². The quantitative estimate of drug-likeness (QED) is 0.739. The van der Waals surface area contributed by atoms with Crippen LogP contribution in [0.3, 0.4) is 0 Å². The van der Waals surface area contributed by atoms with Crippen molar-refractivity contribution in [2.75, 3.05) is 25.6 Å². The zero-order valence-electron chi connectivity index (χ0n) is 12.3. The SMILES string of the molecule is CN(C)c1nc2c(ncn2[C@H]2C[C@@H](OP)[C@@H](CO)O2)c(=O)[nH]1. The summed E-state index contributed by atoms with van der Waals surface area (Å²) in [7, 11) is 5.77. The Balaban J connectivity index is 2.03. The summed E-state index contributed by atoms with van der Waals surface area (Å²) in [5.74, 6) is 0.440. The molecular weight excluding hydrogens is 309 g/mol. The van der Waals surface area contributed by atoms with Gasteiger partial charge in [0, 0.05) is 30.0 Å². The maximum Gasteiger partial charge on any atom is 0.280 e. The molecule has 1 aliphatic heterocycles. The molecule has 1 saturated heterocycles. The second-order valence-corrected chi connectivity index (χ2v) is 5.60. The molecule has 22 heavy (non-hydrogen) atoms. The van der Waals surface area contributed by atoms with Gasteiger partial charge >= 0.3 is 0 Å². The number of aromatic amines is 1. The van der Waals surface area contributed by atoms with Crippen LogP contribution < -0.4 is 10.5 Å². The minimum Gasteiger partial charge on any atom is -0.394 e. The van der Waals surface area contributed by atoms with Crippen LogP contribution in [0.25, 0.3) is 11.2 Å². The van der Waals surface area contributed by atoms with Gasteiger partial charge in [-0.25, -0.2) is 4.98 Å². The van der Waals surface area contributed by atoms with Gasteiger partial charge < -0.3 is 19.3 Å². The number of nitrogens with one attached hydrogen (secondary N) is 1. The molecule has 0 aliphatic carbocycles. The highest BCUT2D eigenvalue weighted by Gasteiger charge is 2.37. The van der Waals surface area contributed by atoms with Crippen molar-refractivity contribution in [1.29, 1.82) is 0 Å². The number of aromatic nitrogens is 4. The number of anilines is 1. The lowest BCUT2D eigenvalue weighted by molar-refractivity contribution is -0.0372. The second kappa shape index (κ2) is 5.92. The summed E-state index contributed by atoms with van der Waals surface area (Å²) in [4.78, 5) is 25.0. The Morgan fingerprint density at radius 3 is 3.00 bits per heavy atom. The predicted octanol–water partition coefficient (Wildman–Crippen LogP) is -0.359. The summed E-state index contributed by atoms with van der Waals surface area (Å²) in [5.41, 5.74) is 0.395. The molecule has 3 heterocycles. The molecule has 2 N–H and O–H groups in total. The number of imidazole rings is 1. The number of ether oxygens (including phenoxy) is 1. The number of nitrogens with zero attached hydrogens (tertiary/aromatic N) is 4. The third-order valence-corrected chi connectivity index (χ3v) is 4.04. The highest BCUT2D eigenvalue weighted by atomic mass is 31.0. The fourth-order valence-electron chi connectivity index (χ4n) is 2.52. The van der Waals surface area contributed by atoms with Gasteiger partial charge in [0.05, 0.1) is 19.0 Å². The van der Waals surface area contributed by atoms with E-state index < -0.39 is 12.3 Å². The van der Waals surface area contributed by atoms with Crippen molar-refractivity contribution in [1.82, 2.24) is 19.5 Å². The van der Waals surface area contributed by atoms with E-state index in [-0.39, 0.29) is 23.8 Å². The van der Waals surface area contributed by atoms with Gasteiger partial charge in [0.1, 0.15) is 12.3 Å². The third-order valence-electron chi connectivity index (χ3n) is 3.69. The largest absolute Gasteiger partial charge is 0.394 e. The van der Waals surface area contributed by atoms with Gasteiger partial charge in [0.15, 0.2) is 11.2 Å². The molecule has 0 bridgehead atoms. The molecule has 0 spiro atoms. The lowest BCUT2D eigenvalue weighted by atomic mass is 10.2. The molecule has 0 aromatic carbocycles. The van der Waals surface area contributed by atoms with E-state index in [4.69, 9.17) is 9.26 Å². The monoisotopic (exact) mass is 327 g/mol. The van der Waals surface area contributed by atoms with Crippen molar-refractivity contribution < 1.29 is 14.4 Å². The highest BCUT2D eigenvalue weighted by Crippen LogP contribution is 2.33. The van der Waals surface area contributed by atoms with Crippen LogP contribution in [0.2, 0.25) is 0 Å². The molecule has 0 radical (unpaired) electrons. The minimum atomic E-state index is -0.421. The Kier molecular flexibility index (Phi) is 4.14. The van der Waals surface area contributed by atoms with Gasteiger partial charge in [-0.05, 0) is 0 Å². The number of aliphatic hydroxyl groups excluding tert-OH is 1. The molecule has 3 rings (SSSR count). The summed E-state index contributed by atoms with van der Waals surface area (Å²) in [6.45, 7) is -0.140. The smallest absolute Gasteiger partial charge is 0.280 e. The van der Waals surface area contributed by atoms with Crippen molar-refractivity contribution >= 4 is 26.6 Å². The van der Waals surface area contributed by atoms with Crippen molar-refractivity contribution in [3.8, 4) is 0 Å². The van der Waals surface area contributed by atoms with Gasteiger partial charge in [-0.1, -0.05) is 0 Å². The summed E-state index contributed by atoms with van der Waals surface area (Å²) in [5, 5.41) is 9.34. The molecule has 2 aromatic rings. The normalized spacial score (nSPS) is 25.0. The Labute approximate surface area is 128 Å². The summed E-state index contributed by atoms with van der Waals surface area (Å²) in [6.07, 6.45) is 1.00. The van der Waals surface area contributed by atoms with Crippen LogP contribution in [0.1, 0.15) is 12.6 Å². The Morgan fingerprint density at radius 2 is 2.41 bits per heavy atom. The third kappa shape index (κ3) is 2.50. The molecular formula is C12H18N5O4P. The first-order chi connectivity index (χ1) is 10.5. The van der Waals surface area contributed by atoms with E-state index >= 15 is 0 Å². The predicted molar refractivity (Wildman–Crippen MR) is 82.7 cm³/mol. The van der Waals surface area contributed by atoms with Gasteiger partial charge in [0.2, 0.25) is 5.95 Å². The second-order valence-electron chi connectivity index (χ2n) is 5.33. The lowest BCUT2D eigenvalue weighted by Gasteiger charge is -2.15. The van der Waals surface area contributed by atoms with Gasteiger partial charge in [-0.3, -0.25) is 14.3 Å². The summed E-state index contributed by atoms with van der Waals surface area (Å²) >= 11 is 0. The van der Waals surface area contributed by atoms with E-state index in [2.05, 4.69) is 24.4 Å². The lowest BCUT2D eigenvalue weighted by Crippen LogP contribution is -2.25. The van der Waals surface area contributed by atoms with E-state index in [1.807, 2.05) is 0 Å². The molecule has 10 heteroatoms. The number of rotatable bonds is 4. The fraction of sp³-hybridized carbons (Fsp3) is 0.583. The molecule has 9 nitrogen and oxygen atoms in total. The van der Waals surface area contributed by atoms with Crippen molar-refractivity contribution in [2.45, 2.75) is 24.9 Å². The van der Waals surface area contributed by atoms with Crippen molar-refractivity contribution in [3.05, 3.63) is 16.7 Å². The molecule has 4 atom stereocenters. The standard InChI is InChI=1S/C12H18N5O4P/c1-16(2)12-14-10-9(11(19)15-12)13-5-17(10)8-3-6(21-22)7(4-18)20-8/h5-8,18H,3-4,22H2,1-2H3,(H,14,15,19)/t6-,7-,8-/m1/s1. The first-order valence-electron chi connectivity index (χ1n) is 6.81. The maximum absolute atomic E-state index is 12.1. The fourth-order valence-corrected chi connectivity index (χ4v) is 2.80. The number of aliphatic hydroxyl groups is 1. The Hall–Kier alpha value is -1.54. The summed E-state index contributed by atoms with van der Waals surface area (Å²) in [6, 6.07) is 0. The van der Waals surface area contributed by atoms with Crippen LogP contribution in [-0.2, 0) is 9.26 Å². The topological polar surface area (TPSA) is 106 Å². The van der Waals surface area contributed by atoms with E-state index in [0.717, 1.165) is 0 Å². The van der Waals surface area contributed by atoms with E-state index in [1.165, 1.54) is 6.33 Å².